The molecule has 3 nitrogen and oxygen atoms in total. The van der Waals surface area contributed by atoms with E-state index in [1.165, 1.54) is 0 Å². The van der Waals surface area contributed by atoms with E-state index < -0.39 is 30.1 Å². The van der Waals surface area contributed by atoms with Crippen molar-refractivity contribution in [3.05, 3.63) is 0 Å². The summed E-state index contributed by atoms with van der Waals surface area (Å²) in [4.78, 5) is 13.3. The minimum atomic E-state index is -2.77. The molecule has 2 aliphatic rings. The number of alkyl halides is 2. The highest BCUT2D eigenvalue weighted by atomic mass is 19.3. The summed E-state index contributed by atoms with van der Waals surface area (Å²) in [6.45, 7) is 1.56. The van der Waals surface area contributed by atoms with Crippen LogP contribution in [0.3, 0.4) is 0 Å². The zero-order valence-electron chi connectivity index (χ0n) is 9.38. The van der Waals surface area contributed by atoms with E-state index in [9.17, 15) is 18.7 Å². The first-order chi connectivity index (χ1) is 7.36. The van der Waals surface area contributed by atoms with Crippen LogP contribution in [-0.4, -0.2) is 42.0 Å². The molecule has 0 aromatic rings. The molecule has 16 heavy (non-hydrogen) atoms. The van der Waals surface area contributed by atoms with Crippen molar-refractivity contribution < 1.29 is 18.7 Å². The molecule has 5 heteroatoms. The third kappa shape index (κ3) is 1.81. The van der Waals surface area contributed by atoms with Crippen molar-refractivity contribution in [2.45, 2.75) is 31.6 Å². The first-order valence-electron chi connectivity index (χ1n) is 5.65. The second kappa shape index (κ2) is 3.65. The van der Waals surface area contributed by atoms with Gasteiger partial charge in [-0.25, -0.2) is 8.78 Å². The summed E-state index contributed by atoms with van der Waals surface area (Å²) in [5.74, 6) is -3.93. The topological polar surface area (TPSA) is 40.5 Å². The maximum Gasteiger partial charge on any atom is 0.310 e. The molecule has 0 amide bonds. The van der Waals surface area contributed by atoms with Crippen LogP contribution in [0, 0.1) is 11.3 Å². The Morgan fingerprint density at radius 3 is 2.50 bits per heavy atom. The summed E-state index contributed by atoms with van der Waals surface area (Å²) in [6, 6.07) is 0. The molecule has 0 bridgehead atoms. The van der Waals surface area contributed by atoms with E-state index in [4.69, 9.17) is 0 Å². The minimum absolute atomic E-state index is 0.122. The number of aliphatic carboxylic acids is 1. The van der Waals surface area contributed by atoms with Crippen molar-refractivity contribution in [1.29, 1.82) is 0 Å². The summed E-state index contributed by atoms with van der Waals surface area (Å²) < 4.78 is 25.9. The summed E-state index contributed by atoms with van der Waals surface area (Å²) in [5.41, 5.74) is -1.17. The first kappa shape index (κ1) is 11.8. The zero-order chi connectivity index (χ0) is 12.0. The molecule has 0 aromatic heterocycles. The smallest absolute Gasteiger partial charge is 0.310 e. The number of carbonyl (C=O) groups is 1. The number of halogens is 2. The number of rotatable bonds is 2. The number of hydrogen-bond acceptors (Lipinski definition) is 2. The van der Waals surface area contributed by atoms with Crippen LogP contribution in [-0.2, 0) is 4.79 Å². The van der Waals surface area contributed by atoms with Gasteiger partial charge in [-0.2, -0.15) is 0 Å². The van der Waals surface area contributed by atoms with Gasteiger partial charge in [0, 0.05) is 19.4 Å². The average Bonchev–Trinajstić information content (AvgIpc) is 2.13. The van der Waals surface area contributed by atoms with Gasteiger partial charge in [0.15, 0.2) is 0 Å². The van der Waals surface area contributed by atoms with Crippen LogP contribution in [0.15, 0.2) is 0 Å². The lowest BCUT2D eigenvalue weighted by Crippen LogP contribution is -2.58. The average molecular weight is 233 g/mol. The Morgan fingerprint density at radius 2 is 2.06 bits per heavy atom. The molecule has 0 radical (unpaired) electrons. The fourth-order valence-corrected chi connectivity index (χ4v) is 3.10. The van der Waals surface area contributed by atoms with Crippen molar-refractivity contribution in [3.8, 4) is 0 Å². The molecule has 92 valence electrons. The Balaban J connectivity index is 2.12. The third-order valence-corrected chi connectivity index (χ3v) is 3.98. The molecule has 1 atom stereocenters. The Bertz CT molecular complexity index is 298. The molecule has 2 fully saturated rings. The second-order valence-electron chi connectivity index (χ2n) is 5.27. The van der Waals surface area contributed by atoms with E-state index in [1.807, 2.05) is 11.9 Å². The molecule has 1 aliphatic heterocycles. The molecule has 1 unspecified atom stereocenters. The SMILES string of the molecule is CN1CCCC(C2(C(=O)O)CC(F)(F)C2)C1. The van der Waals surface area contributed by atoms with E-state index in [0.29, 0.717) is 6.54 Å². The highest BCUT2D eigenvalue weighted by Gasteiger charge is 2.64. The Labute approximate surface area is 93.4 Å². The number of hydrogen-bond donors (Lipinski definition) is 1. The molecule has 1 saturated heterocycles. The van der Waals surface area contributed by atoms with Gasteiger partial charge in [0.05, 0.1) is 5.41 Å². The molecule has 1 heterocycles. The van der Waals surface area contributed by atoms with Crippen molar-refractivity contribution in [2.75, 3.05) is 20.1 Å². The Morgan fingerprint density at radius 1 is 1.44 bits per heavy atom. The van der Waals surface area contributed by atoms with E-state index in [2.05, 4.69) is 0 Å². The third-order valence-electron chi connectivity index (χ3n) is 3.98. The highest BCUT2D eigenvalue weighted by molar-refractivity contribution is 5.77. The number of piperidine rings is 1. The summed E-state index contributed by atoms with van der Waals surface area (Å²) in [7, 11) is 1.92. The molecular weight excluding hydrogens is 216 g/mol. The fraction of sp³-hybridized carbons (Fsp3) is 0.909. The Hall–Kier alpha value is -0.710. The van der Waals surface area contributed by atoms with Gasteiger partial charge in [-0.15, -0.1) is 0 Å². The lowest BCUT2D eigenvalue weighted by atomic mass is 9.57. The number of carboxylic acids is 1. The van der Waals surface area contributed by atoms with Crippen LogP contribution in [0.25, 0.3) is 0 Å². The van der Waals surface area contributed by atoms with Gasteiger partial charge >= 0.3 is 5.97 Å². The van der Waals surface area contributed by atoms with E-state index in [1.54, 1.807) is 0 Å². The van der Waals surface area contributed by atoms with Crippen LogP contribution >= 0.6 is 0 Å². The normalized spacial score (nSPS) is 33.1. The number of nitrogens with zero attached hydrogens (tertiary/aromatic N) is 1. The van der Waals surface area contributed by atoms with Crippen molar-refractivity contribution in [2.24, 2.45) is 11.3 Å². The van der Waals surface area contributed by atoms with Crippen LogP contribution < -0.4 is 0 Å². The van der Waals surface area contributed by atoms with Gasteiger partial charge in [-0.1, -0.05) is 0 Å². The molecule has 2 rings (SSSR count). The molecule has 0 aromatic carbocycles. The number of likely N-dealkylation sites (tertiary alicyclic amines) is 1. The second-order valence-corrected chi connectivity index (χ2v) is 5.27. The standard InChI is InChI=1S/C11H17F2NO2/c1-14-4-2-3-8(5-14)10(9(15)16)6-11(12,13)7-10/h8H,2-7H2,1H3,(H,15,16). The molecular formula is C11H17F2NO2. The van der Waals surface area contributed by atoms with E-state index in [-0.39, 0.29) is 5.92 Å². The monoisotopic (exact) mass is 233 g/mol. The van der Waals surface area contributed by atoms with Crippen molar-refractivity contribution >= 4 is 5.97 Å². The lowest BCUT2D eigenvalue weighted by molar-refractivity contribution is -0.210. The minimum Gasteiger partial charge on any atom is -0.481 e. The van der Waals surface area contributed by atoms with Gasteiger partial charge in [0.1, 0.15) is 0 Å². The fourth-order valence-electron chi connectivity index (χ4n) is 3.10. The summed E-state index contributed by atoms with van der Waals surface area (Å²) in [5, 5.41) is 9.20. The van der Waals surface area contributed by atoms with Gasteiger partial charge < -0.3 is 10.0 Å². The van der Waals surface area contributed by atoms with Crippen LogP contribution in [0.4, 0.5) is 8.78 Å². The van der Waals surface area contributed by atoms with Crippen molar-refractivity contribution in [3.63, 3.8) is 0 Å². The summed E-state index contributed by atoms with van der Waals surface area (Å²) >= 11 is 0. The molecule has 1 aliphatic carbocycles. The van der Waals surface area contributed by atoms with Gasteiger partial charge in [0.2, 0.25) is 5.92 Å². The maximum atomic E-state index is 13.0. The van der Waals surface area contributed by atoms with E-state index >= 15 is 0 Å². The van der Waals surface area contributed by atoms with Crippen LogP contribution in [0.2, 0.25) is 0 Å². The number of carboxylic acid groups (broad SMARTS) is 1. The van der Waals surface area contributed by atoms with Gasteiger partial charge in [0.25, 0.3) is 0 Å². The highest BCUT2D eigenvalue weighted by Crippen LogP contribution is 2.57. The zero-order valence-corrected chi connectivity index (χ0v) is 9.38. The van der Waals surface area contributed by atoms with Crippen molar-refractivity contribution in [1.82, 2.24) is 4.90 Å². The van der Waals surface area contributed by atoms with Gasteiger partial charge in [-0.3, -0.25) is 4.79 Å². The largest absolute Gasteiger partial charge is 0.481 e. The molecule has 1 saturated carbocycles. The molecule has 0 spiro atoms. The quantitative estimate of drug-likeness (QED) is 0.791. The lowest BCUT2D eigenvalue weighted by Gasteiger charge is -2.51. The Kier molecular flexibility index (Phi) is 2.69. The van der Waals surface area contributed by atoms with Crippen LogP contribution in [0.1, 0.15) is 25.7 Å². The predicted octanol–water partition coefficient (Wildman–Crippen LogP) is 1.83. The molecule has 1 N–H and O–H groups in total. The maximum absolute atomic E-state index is 13.0. The van der Waals surface area contributed by atoms with Crippen LogP contribution in [0.5, 0.6) is 0 Å². The van der Waals surface area contributed by atoms with E-state index in [0.717, 1.165) is 19.4 Å². The predicted molar refractivity (Wildman–Crippen MR) is 54.5 cm³/mol. The first-order valence-corrected chi connectivity index (χ1v) is 5.65. The summed E-state index contributed by atoms with van der Waals surface area (Å²) in [6.07, 6.45) is 0.705. The van der Waals surface area contributed by atoms with Gasteiger partial charge in [-0.05, 0) is 32.4 Å².